The van der Waals surface area contributed by atoms with E-state index in [1.54, 1.807) is 6.92 Å². The molecule has 57 heavy (non-hydrogen) atoms. The van der Waals surface area contributed by atoms with E-state index >= 15 is 4.39 Å². The Balaban J connectivity index is 1.74. The first-order valence-corrected chi connectivity index (χ1v) is 21.3. The summed E-state index contributed by atoms with van der Waals surface area (Å²) in [6.45, 7) is 6.00. The zero-order chi connectivity index (χ0) is 42.2. The molecule has 6 N–H and O–H groups in total. The predicted molar refractivity (Wildman–Crippen MR) is 200 cm³/mol. The highest BCUT2D eigenvalue weighted by atomic mass is 32.2. The van der Waals surface area contributed by atoms with E-state index in [2.05, 4.69) is 42.4 Å². The molecule has 5 rings (SSSR count). The largest absolute Gasteiger partial charge is 0.505 e. The molecule has 4 aromatic carbocycles. The summed E-state index contributed by atoms with van der Waals surface area (Å²) in [6, 6.07) is 10.1. The molecule has 0 fully saturated rings. The van der Waals surface area contributed by atoms with Gasteiger partial charge in [-0.15, -0.1) is 10.2 Å². The highest BCUT2D eigenvalue weighted by Crippen LogP contribution is 2.46. The molecule has 0 bridgehead atoms. The molecule has 0 atom stereocenters. The van der Waals surface area contributed by atoms with Crippen LogP contribution in [0.3, 0.4) is 0 Å². The van der Waals surface area contributed by atoms with Gasteiger partial charge in [-0.3, -0.25) is 18.5 Å². The van der Waals surface area contributed by atoms with E-state index in [1.165, 1.54) is 29.2 Å². The number of aromatic hydroxyl groups is 1. The number of nitrogens with one attached hydrogen (secondary N) is 2. The number of sulfone groups is 1. The van der Waals surface area contributed by atoms with Gasteiger partial charge in [0.15, 0.2) is 15.6 Å². The lowest BCUT2D eigenvalue weighted by atomic mass is 10.1. The van der Waals surface area contributed by atoms with Gasteiger partial charge in [-0.1, -0.05) is 12.6 Å². The number of nitrogens with zero attached hydrogens (tertiary/aromatic N) is 6. The second-order valence-corrected chi connectivity index (χ2v) is 17.5. The minimum absolute atomic E-state index is 0.0161. The summed E-state index contributed by atoms with van der Waals surface area (Å²) in [5.74, 6) is -2.90. The van der Waals surface area contributed by atoms with Gasteiger partial charge in [-0.25, -0.2) is 8.42 Å². The third kappa shape index (κ3) is 9.34. The molecule has 0 saturated carbocycles. The number of amides is 1. The number of carbonyl (C=O) groups is 1. The molecular formula is C31H27FN8O13S4. The fourth-order valence-corrected chi connectivity index (χ4v) is 7.75. The topological polar surface area (TPSA) is 325 Å². The zero-order valence-corrected chi connectivity index (χ0v) is 32.2. The number of anilines is 5. The summed E-state index contributed by atoms with van der Waals surface area (Å²) in [5.41, 5.74) is -2.26. The maximum absolute atomic E-state index is 15.0. The number of hydrogen-bond donors (Lipinski definition) is 6. The van der Waals surface area contributed by atoms with E-state index in [-0.39, 0.29) is 22.8 Å². The van der Waals surface area contributed by atoms with Crippen LogP contribution in [0.15, 0.2) is 102 Å². The number of halogens is 1. The average molecular weight is 867 g/mol. The molecule has 1 heterocycles. The lowest BCUT2D eigenvalue weighted by Gasteiger charge is -2.22. The Bertz CT molecular complexity index is 2980. The van der Waals surface area contributed by atoms with Crippen LogP contribution in [-0.2, 0) is 45.0 Å². The van der Waals surface area contributed by atoms with Crippen molar-refractivity contribution in [2.75, 3.05) is 22.1 Å². The van der Waals surface area contributed by atoms with E-state index in [0.29, 0.717) is 18.2 Å². The lowest BCUT2D eigenvalue weighted by Crippen LogP contribution is -2.21. The van der Waals surface area contributed by atoms with Crippen LogP contribution >= 0.6 is 0 Å². The Hall–Kier alpha value is -6.03. The molecule has 21 nitrogen and oxygen atoms in total. The fraction of sp³-hybridized carbons (Fsp3) is 0.0968. The van der Waals surface area contributed by atoms with Crippen molar-refractivity contribution in [1.82, 2.24) is 15.0 Å². The first-order chi connectivity index (χ1) is 26.4. The number of phenols is 1. The Morgan fingerprint density at radius 3 is 2.14 bits per heavy atom. The fourth-order valence-electron chi connectivity index (χ4n) is 5.20. The molecule has 0 aliphatic heterocycles. The number of benzene rings is 4. The van der Waals surface area contributed by atoms with Crippen molar-refractivity contribution in [2.24, 2.45) is 10.2 Å². The van der Waals surface area contributed by atoms with E-state index < -0.39 is 112 Å². The van der Waals surface area contributed by atoms with Crippen LogP contribution in [-0.4, -0.2) is 79.8 Å². The van der Waals surface area contributed by atoms with Crippen molar-refractivity contribution >= 4 is 97.2 Å². The lowest BCUT2D eigenvalue weighted by molar-refractivity contribution is -0.114. The summed E-state index contributed by atoms with van der Waals surface area (Å²) < 4.78 is 144. The summed E-state index contributed by atoms with van der Waals surface area (Å²) in [6.07, 6.45) is -1.42. The normalized spacial score (nSPS) is 12.5. The van der Waals surface area contributed by atoms with Gasteiger partial charge >= 0.3 is 6.08 Å². The second-order valence-electron chi connectivity index (χ2n) is 11.4. The molecule has 1 amide bonds. The van der Waals surface area contributed by atoms with Gasteiger partial charge < -0.3 is 20.6 Å². The third-order valence-corrected chi connectivity index (χ3v) is 11.5. The Morgan fingerprint density at radius 1 is 0.860 bits per heavy atom. The van der Waals surface area contributed by atoms with Crippen molar-refractivity contribution in [3.8, 4) is 5.75 Å². The molecule has 0 spiro atoms. The predicted octanol–water partition coefficient (Wildman–Crippen LogP) is 4.80. The van der Waals surface area contributed by atoms with Crippen molar-refractivity contribution in [2.45, 2.75) is 33.4 Å². The monoisotopic (exact) mass is 866 g/mol. The molecule has 26 heteroatoms. The van der Waals surface area contributed by atoms with Crippen molar-refractivity contribution in [3.05, 3.63) is 78.7 Å². The van der Waals surface area contributed by atoms with Gasteiger partial charge in [-0.05, 0) is 66.9 Å². The van der Waals surface area contributed by atoms with Crippen LogP contribution in [0.5, 0.6) is 5.75 Å². The summed E-state index contributed by atoms with van der Waals surface area (Å²) >= 11 is 0. The molecule has 0 aliphatic carbocycles. The van der Waals surface area contributed by atoms with Crippen LogP contribution in [0.2, 0.25) is 0 Å². The second kappa shape index (κ2) is 15.5. The van der Waals surface area contributed by atoms with Gasteiger partial charge in [0, 0.05) is 35.6 Å². The Kier molecular flexibility index (Phi) is 11.4. The number of rotatable bonds is 13. The van der Waals surface area contributed by atoms with E-state index in [4.69, 9.17) is 0 Å². The van der Waals surface area contributed by atoms with Gasteiger partial charge in [0.25, 0.3) is 30.4 Å². The maximum atomic E-state index is 15.0. The molecule has 5 aromatic rings. The first-order valence-electron chi connectivity index (χ1n) is 15.5. The third-order valence-electron chi connectivity index (χ3n) is 7.59. The molecule has 300 valence electrons. The maximum Gasteiger partial charge on any atom is 0.315 e. The summed E-state index contributed by atoms with van der Waals surface area (Å²) in [7, 11) is -19.5. The van der Waals surface area contributed by atoms with Crippen LogP contribution in [0.4, 0.5) is 44.7 Å². The summed E-state index contributed by atoms with van der Waals surface area (Å²) in [5, 5.41) is 23.2. The van der Waals surface area contributed by atoms with Gasteiger partial charge in [0.2, 0.25) is 17.8 Å². The number of azo groups is 1. The van der Waals surface area contributed by atoms with Crippen LogP contribution < -0.4 is 15.5 Å². The number of aromatic nitrogens is 3. The Labute approximate surface area is 322 Å². The smallest absolute Gasteiger partial charge is 0.315 e. The first kappa shape index (κ1) is 42.1. The van der Waals surface area contributed by atoms with Crippen LogP contribution in [0, 0.1) is 6.08 Å². The molecule has 0 radical (unpaired) electrons. The van der Waals surface area contributed by atoms with Gasteiger partial charge in [0.1, 0.15) is 21.2 Å². The molecule has 0 saturated heterocycles. The molecule has 0 aliphatic rings. The van der Waals surface area contributed by atoms with Crippen molar-refractivity contribution < 1.29 is 61.6 Å². The highest BCUT2D eigenvalue weighted by Gasteiger charge is 2.27. The minimum Gasteiger partial charge on any atom is -0.505 e. The highest BCUT2D eigenvalue weighted by molar-refractivity contribution is 7.94. The van der Waals surface area contributed by atoms with E-state index in [1.807, 2.05) is 0 Å². The Morgan fingerprint density at radius 2 is 1.54 bits per heavy atom. The van der Waals surface area contributed by atoms with E-state index in [0.717, 1.165) is 30.5 Å². The number of phenolic OH excluding ortho intramolecular Hbond substituents is 1. The van der Waals surface area contributed by atoms with E-state index in [9.17, 15) is 57.2 Å². The van der Waals surface area contributed by atoms with Crippen molar-refractivity contribution in [1.29, 1.82) is 0 Å². The molecular weight excluding hydrogens is 840 g/mol. The van der Waals surface area contributed by atoms with Crippen LogP contribution in [0.25, 0.3) is 10.8 Å². The average Bonchev–Trinajstić information content (AvgIpc) is 3.09. The summed E-state index contributed by atoms with van der Waals surface area (Å²) in [4.78, 5) is 21.0. The van der Waals surface area contributed by atoms with Crippen molar-refractivity contribution in [3.63, 3.8) is 0 Å². The SMILES string of the molecule is C=CS(=O)(=O)c1cccc(N(CC)c2nc(F)nc(Nc3cc(S(=O)(=O)O)cc4cc(S(=O)(=O)O)c(N=Nc5cc(NC(C)=O)ccc5S(=O)(=O)O)c(O)c34)n2)c1. The zero-order valence-electron chi connectivity index (χ0n) is 28.9. The van der Waals surface area contributed by atoms with Gasteiger partial charge in [0.05, 0.1) is 15.5 Å². The van der Waals surface area contributed by atoms with Gasteiger partial charge in [-0.2, -0.15) is 44.6 Å². The molecule has 1 aromatic heterocycles. The minimum atomic E-state index is -5.40. The standard InChI is InChI=1S/C31H27FN8O13S4/c1-4-40(19-7-6-8-20(14-19)54(43,44)5-2)31-36-29(32)35-30(37-31)34-23-15-21(55(45,46)47)11-17-12-25(57(51,52)53)27(28(42)26(17)23)39-38-22-13-18(33-16(3)41)9-10-24(22)56(48,49)50/h5-15,42H,2,4H2,1,3H3,(H,33,41)(H,45,46,47)(H,48,49,50)(H,51,52,53)(H,34,35,36,37). The van der Waals surface area contributed by atoms with Crippen LogP contribution in [0.1, 0.15) is 13.8 Å². The number of carbonyl (C=O) groups excluding carboxylic acids is 1. The molecule has 0 unspecified atom stereocenters. The number of fused-ring (bicyclic) bond motifs is 1. The quantitative estimate of drug-likeness (QED) is 0.0683. The number of hydrogen-bond acceptors (Lipinski definition) is 17.